The molecule has 1 aliphatic rings. The number of thioether (sulfide) groups is 1. The Hall–Kier alpha value is -2.98. The third kappa shape index (κ3) is 4.90. The number of halogens is 1. The van der Waals surface area contributed by atoms with Crippen molar-refractivity contribution in [2.24, 2.45) is 0 Å². The lowest BCUT2D eigenvalue weighted by Gasteiger charge is -2.41. The number of hydrogen-bond acceptors (Lipinski definition) is 8. The molecule has 1 fully saturated rings. The number of likely N-dealkylation sites (tertiary alicyclic amines) is 1. The third-order valence-electron chi connectivity index (χ3n) is 4.05. The molecule has 1 aromatic heterocycles. The number of pyridine rings is 1. The van der Waals surface area contributed by atoms with Crippen LogP contribution in [0.15, 0.2) is 48.8 Å². The number of esters is 1. The van der Waals surface area contributed by atoms with Crippen molar-refractivity contribution in [2.45, 2.75) is 23.9 Å². The van der Waals surface area contributed by atoms with Crippen LogP contribution >= 0.6 is 23.4 Å². The summed E-state index contributed by atoms with van der Waals surface area (Å²) in [6.07, 6.45) is 3.03. The topological polar surface area (TPSA) is 120 Å². The van der Waals surface area contributed by atoms with E-state index in [-0.39, 0.29) is 29.7 Å². The summed E-state index contributed by atoms with van der Waals surface area (Å²) in [5.74, 6) is -1.22. The van der Waals surface area contributed by atoms with Gasteiger partial charge >= 0.3 is 5.97 Å². The highest BCUT2D eigenvalue weighted by Crippen LogP contribution is 2.35. The van der Waals surface area contributed by atoms with Crippen molar-refractivity contribution in [3.63, 3.8) is 0 Å². The molecule has 2 aromatic rings. The molecule has 1 aromatic carbocycles. The van der Waals surface area contributed by atoms with Crippen molar-refractivity contribution in [2.75, 3.05) is 0 Å². The first-order chi connectivity index (χ1) is 13.9. The molecule has 0 radical (unpaired) electrons. The van der Waals surface area contributed by atoms with Crippen LogP contribution in [0, 0.1) is 10.1 Å². The van der Waals surface area contributed by atoms with Gasteiger partial charge in [-0.2, -0.15) is 0 Å². The number of nitrogens with zero attached hydrogens (tertiary/aromatic N) is 3. The summed E-state index contributed by atoms with van der Waals surface area (Å²) in [5.41, 5.74) is -0.558. The highest BCUT2D eigenvalue weighted by Gasteiger charge is 2.45. The van der Waals surface area contributed by atoms with Gasteiger partial charge in [0.15, 0.2) is 0 Å². The van der Waals surface area contributed by atoms with Crippen LogP contribution in [0.2, 0.25) is 0 Å². The molecule has 2 heterocycles. The van der Waals surface area contributed by atoms with Gasteiger partial charge in [-0.25, -0.2) is 4.79 Å². The molecule has 1 saturated heterocycles. The van der Waals surface area contributed by atoms with Crippen LogP contribution in [0.4, 0.5) is 5.69 Å². The molecule has 11 heteroatoms. The van der Waals surface area contributed by atoms with Crippen molar-refractivity contribution in [1.29, 1.82) is 0 Å². The van der Waals surface area contributed by atoms with Crippen LogP contribution in [-0.4, -0.2) is 42.7 Å². The molecule has 29 heavy (non-hydrogen) atoms. The van der Waals surface area contributed by atoms with Crippen LogP contribution in [0.3, 0.4) is 0 Å². The van der Waals surface area contributed by atoms with Gasteiger partial charge in [0, 0.05) is 30.1 Å². The maximum absolute atomic E-state index is 12.3. The minimum Gasteiger partial charge on any atom is -0.458 e. The van der Waals surface area contributed by atoms with Gasteiger partial charge in [-0.1, -0.05) is 23.4 Å². The molecule has 0 bridgehead atoms. The highest BCUT2D eigenvalue weighted by molar-refractivity contribution is 8.14. The maximum atomic E-state index is 12.3. The number of carbonyl (C=O) groups excluding carboxylic acids is 3. The zero-order valence-electron chi connectivity index (χ0n) is 14.8. The van der Waals surface area contributed by atoms with Crippen molar-refractivity contribution >= 4 is 46.0 Å². The van der Waals surface area contributed by atoms with Crippen LogP contribution < -0.4 is 0 Å². The number of β-lactam (4-membered cyclic amide) rings is 1. The van der Waals surface area contributed by atoms with E-state index in [1.54, 1.807) is 12.1 Å². The number of nitro groups is 1. The Balaban J connectivity index is 1.55. The molecule has 2 atom stereocenters. The zero-order chi connectivity index (χ0) is 21.0. The minimum absolute atomic E-state index is 0.0789. The summed E-state index contributed by atoms with van der Waals surface area (Å²) in [4.78, 5) is 51.5. The fourth-order valence-corrected chi connectivity index (χ4v) is 3.96. The van der Waals surface area contributed by atoms with E-state index in [1.807, 2.05) is 0 Å². The van der Waals surface area contributed by atoms with Gasteiger partial charge in [-0.3, -0.25) is 24.7 Å². The monoisotopic (exact) mass is 435 g/mol. The van der Waals surface area contributed by atoms with Gasteiger partial charge in [-0.05, 0) is 29.8 Å². The second kappa shape index (κ2) is 9.01. The normalized spacial score (nSPS) is 16.7. The van der Waals surface area contributed by atoms with Crippen molar-refractivity contribution in [3.05, 3.63) is 70.0 Å². The largest absolute Gasteiger partial charge is 0.458 e. The Kier molecular flexibility index (Phi) is 6.45. The average molecular weight is 436 g/mol. The summed E-state index contributed by atoms with van der Waals surface area (Å²) < 4.78 is 5.09. The number of non-ortho nitro benzene ring substituents is 1. The molecule has 1 amide bonds. The number of hydrogen-bond donors (Lipinski definition) is 0. The van der Waals surface area contributed by atoms with Gasteiger partial charge in [0.25, 0.3) is 5.69 Å². The zero-order valence-corrected chi connectivity index (χ0v) is 16.3. The summed E-state index contributed by atoms with van der Waals surface area (Å²) in [7, 11) is 0. The Bertz CT molecular complexity index is 940. The quantitative estimate of drug-likeness (QED) is 0.162. The van der Waals surface area contributed by atoms with E-state index < -0.39 is 21.8 Å². The fraction of sp³-hybridized carbons (Fsp3) is 0.222. The smallest absolute Gasteiger partial charge is 0.345 e. The van der Waals surface area contributed by atoms with E-state index in [4.69, 9.17) is 16.3 Å². The molecule has 0 saturated carbocycles. The molecular weight excluding hydrogens is 422 g/mol. The molecule has 3 rings (SSSR count). The van der Waals surface area contributed by atoms with Gasteiger partial charge in [0.05, 0.1) is 16.7 Å². The number of ether oxygens (including phenoxy) is 1. The number of aromatic nitrogens is 1. The van der Waals surface area contributed by atoms with Gasteiger partial charge in [0.2, 0.25) is 16.5 Å². The number of nitro benzene ring substituents is 1. The Morgan fingerprint density at radius 2 is 2.07 bits per heavy atom. The summed E-state index contributed by atoms with van der Waals surface area (Å²) in [5, 5.41) is 9.78. The first-order valence-electron chi connectivity index (χ1n) is 8.33. The second-order valence-electron chi connectivity index (χ2n) is 5.97. The SMILES string of the molecule is O=C(SC1CC(=O)N1C(Cl)C(=O)OCc1ccc([N+](=O)[O-])cc1)c1cccnc1. The lowest BCUT2D eigenvalue weighted by Crippen LogP contribution is -2.57. The van der Waals surface area contributed by atoms with Crippen LogP contribution in [-0.2, 0) is 20.9 Å². The van der Waals surface area contributed by atoms with Crippen molar-refractivity contribution in [1.82, 2.24) is 9.88 Å². The Morgan fingerprint density at radius 3 is 2.66 bits per heavy atom. The van der Waals surface area contributed by atoms with Crippen molar-refractivity contribution in [3.8, 4) is 0 Å². The highest BCUT2D eigenvalue weighted by atomic mass is 35.5. The summed E-state index contributed by atoms with van der Waals surface area (Å²) in [6, 6.07) is 8.71. The molecule has 0 spiro atoms. The predicted molar refractivity (Wildman–Crippen MR) is 104 cm³/mol. The maximum Gasteiger partial charge on any atom is 0.345 e. The molecule has 9 nitrogen and oxygen atoms in total. The Labute approximate surface area is 174 Å². The average Bonchev–Trinajstić information content (AvgIpc) is 2.72. The first kappa shape index (κ1) is 20.7. The number of benzene rings is 1. The summed E-state index contributed by atoms with van der Waals surface area (Å²) >= 11 is 6.98. The fourth-order valence-electron chi connectivity index (χ4n) is 2.50. The lowest BCUT2D eigenvalue weighted by atomic mass is 10.2. The number of rotatable bonds is 7. The van der Waals surface area contributed by atoms with Gasteiger partial charge < -0.3 is 9.64 Å². The van der Waals surface area contributed by atoms with Crippen molar-refractivity contribution < 1.29 is 24.0 Å². The van der Waals surface area contributed by atoms with Gasteiger partial charge in [0.1, 0.15) is 6.61 Å². The van der Waals surface area contributed by atoms with Crippen LogP contribution in [0.1, 0.15) is 22.3 Å². The van der Waals surface area contributed by atoms with E-state index in [9.17, 15) is 24.5 Å². The second-order valence-corrected chi connectivity index (χ2v) is 7.54. The minimum atomic E-state index is -1.38. The molecule has 1 aliphatic heterocycles. The van der Waals surface area contributed by atoms with Gasteiger partial charge in [-0.15, -0.1) is 0 Å². The van der Waals surface area contributed by atoms with E-state index in [0.717, 1.165) is 16.7 Å². The lowest BCUT2D eigenvalue weighted by molar-refractivity contribution is -0.384. The van der Waals surface area contributed by atoms with E-state index in [1.165, 1.54) is 36.7 Å². The summed E-state index contributed by atoms with van der Waals surface area (Å²) in [6.45, 7) is -0.158. The Morgan fingerprint density at radius 1 is 1.34 bits per heavy atom. The molecule has 0 N–H and O–H groups in total. The first-order valence-corrected chi connectivity index (χ1v) is 9.64. The van der Waals surface area contributed by atoms with E-state index in [0.29, 0.717) is 11.1 Å². The molecule has 0 aliphatic carbocycles. The van der Waals surface area contributed by atoms with E-state index in [2.05, 4.69) is 4.98 Å². The predicted octanol–water partition coefficient (Wildman–Crippen LogP) is 2.73. The number of amides is 1. The molecule has 150 valence electrons. The van der Waals surface area contributed by atoms with E-state index >= 15 is 0 Å². The third-order valence-corrected chi connectivity index (χ3v) is 5.56. The molecule has 2 unspecified atom stereocenters. The number of alkyl halides is 1. The van der Waals surface area contributed by atoms with Crippen LogP contribution in [0.25, 0.3) is 0 Å². The standard InChI is InChI=1S/C18H14ClN3O6S/c19-16(17(24)28-10-11-3-5-13(6-4-11)22(26)27)21-14(23)8-15(21)29-18(25)12-2-1-7-20-9-12/h1-7,9,15-16H,8,10H2. The van der Waals surface area contributed by atoms with Crippen LogP contribution in [0.5, 0.6) is 0 Å². The number of carbonyl (C=O) groups is 3. The molecular formula is C18H14ClN3O6S.